The van der Waals surface area contributed by atoms with E-state index in [0.29, 0.717) is 11.1 Å². The zero-order chi connectivity index (χ0) is 18.2. The fraction of sp³-hybridized carbons (Fsp3) is 0.529. The summed E-state index contributed by atoms with van der Waals surface area (Å²) >= 11 is 0. The summed E-state index contributed by atoms with van der Waals surface area (Å²) in [5.41, 5.74) is 0.853. The molecule has 0 bridgehead atoms. The van der Waals surface area contributed by atoms with Crippen molar-refractivity contribution in [2.45, 2.75) is 24.6 Å². The van der Waals surface area contributed by atoms with Gasteiger partial charge in [-0.2, -0.15) is 13.2 Å². The van der Waals surface area contributed by atoms with Crippen molar-refractivity contribution < 1.29 is 27.5 Å². The third kappa shape index (κ3) is 3.35. The predicted molar refractivity (Wildman–Crippen MR) is 83.1 cm³/mol. The summed E-state index contributed by atoms with van der Waals surface area (Å²) in [4.78, 5) is 27.5. The van der Waals surface area contributed by atoms with E-state index >= 15 is 0 Å². The van der Waals surface area contributed by atoms with Crippen molar-refractivity contribution >= 4 is 11.8 Å². The molecule has 0 N–H and O–H groups in total. The van der Waals surface area contributed by atoms with Gasteiger partial charge in [-0.1, -0.05) is 18.2 Å². The first kappa shape index (κ1) is 17.7. The van der Waals surface area contributed by atoms with Crippen LogP contribution in [0.5, 0.6) is 0 Å². The molecular weight excluding hydrogens is 337 g/mol. The van der Waals surface area contributed by atoms with Crippen LogP contribution in [-0.2, 0) is 9.53 Å². The number of hydrogen-bond donors (Lipinski definition) is 0. The van der Waals surface area contributed by atoms with Crippen LogP contribution < -0.4 is 0 Å². The highest BCUT2D eigenvalue weighted by Crippen LogP contribution is 2.34. The van der Waals surface area contributed by atoms with Crippen LogP contribution in [0.2, 0.25) is 0 Å². The maximum atomic E-state index is 13.4. The van der Waals surface area contributed by atoms with Crippen LogP contribution in [0.4, 0.5) is 13.2 Å². The first-order valence-electron chi connectivity index (χ1n) is 8.10. The number of ether oxygens (including phenoxy) is 1. The van der Waals surface area contributed by atoms with Crippen LogP contribution in [0, 0.1) is 0 Å². The van der Waals surface area contributed by atoms with Crippen molar-refractivity contribution in [1.29, 1.82) is 0 Å². The Morgan fingerprint density at radius 1 is 1.24 bits per heavy atom. The first-order valence-corrected chi connectivity index (χ1v) is 8.10. The molecule has 136 valence electrons. The molecule has 0 saturated carbocycles. The highest BCUT2D eigenvalue weighted by molar-refractivity contribution is 6.00. The molecule has 1 saturated heterocycles. The Labute approximate surface area is 143 Å². The normalized spacial score (nSPS) is 24.7. The number of alkyl halides is 3. The number of halogens is 3. The zero-order valence-corrected chi connectivity index (χ0v) is 13.8. The van der Waals surface area contributed by atoms with E-state index in [0.717, 1.165) is 4.90 Å². The Balaban J connectivity index is 1.96. The molecule has 3 rings (SSSR count). The van der Waals surface area contributed by atoms with Crippen molar-refractivity contribution in [3.05, 3.63) is 35.4 Å². The van der Waals surface area contributed by atoms with Crippen LogP contribution in [0.15, 0.2) is 24.3 Å². The van der Waals surface area contributed by atoms with Gasteiger partial charge in [0.1, 0.15) is 6.04 Å². The second-order valence-electron chi connectivity index (χ2n) is 6.32. The summed E-state index contributed by atoms with van der Waals surface area (Å²) < 4.78 is 45.4. The molecule has 0 radical (unpaired) electrons. The lowest BCUT2D eigenvalue weighted by molar-refractivity contribution is -0.190. The van der Waals surface area contributed by atoms with E-state index in [9.17, 15) is 22.8 Å². The molecule has 1 fully saturated rings. The van der Waals surface area contributed by atoms with Crippen LogP contribution in [0.3, 0.4) is 0 Å². The van der Waals surface area contributed by atoms with Crippen LogP contribution in [0.1, 0.15) is 28.3 Å². The SMILES string of the molecule is CN1CC(C(=O)N2CCOCCC2C(F)(F)F)c2ccccc2C1=O. The summed E-state index contributed by atoms with van der Waals surface area (Å²) in [7, 11) is 1.55. The van der Waals surface area contributed by atoms with E-state index in [-0.39, 0.29) is 38.6 Å². The van der Waals surface area contributed by atoms with E-state index in [1.807, 2.05) is 0 Å². The maximum Gasteiger partial charge on any atom is 0.408 e. The molecule has 25 heavy (non-hydrogen) atoms. The third-order valence-corrected chi connectivity index (χ3v) is 4.72. The Kier molecular flexibility index (Phi) is 4.73. The van der Waals surface area contributed by atoms with Gasteiger partial charge in [0.15, 0.2) is 0 Å². The third-order valence-electron chi connectivity index (χ3n) is 4.72. The van der Waals surface area contributed by atoms with E-state index in [4.69, 9.17) is 4.74 Å². The quantitative estimate of drug-likeness (QED) is 0.774. The van der Waals surface area contributed by atoms with Gasteiger partial charge in [-0.25, -0.2) is 0 Å². The first-order chi connectivity index (χ1) is 11.8. The lowest BCUT2D eigenvalue weighted by Crippen LogP contribution is -2.53. The van der Waals surface area contributed by atoms with Gasteiger partial charge >= 0.3 is 6.18 Å². The molecule has 5 nitrogen and oxygen atoms in total. The Morgan fingerprint density at radius 2 is 1.96 bits per heavy atom. The minimum Gasteiger partial charge on any atom is -0.380 e. The number of likely N-dealkylation sites (N-methyl/N-ethyl adjacent to an activating group) is 1. The van der Waals surface area contributed by atoms with Gasteiger partial charge in [-0.05, 0) is 18.1 Å². The van der Waals surface area contributed by atoms with Crippen molar-refractivity contribution in [3.63, 3.8) is 0 Å². The summed E-state index contributed by atoms with van der Waals surface area (Å²) in [5.74, 6) is -1.65. The van der Waals surface area contributed by atoms with Crippen molar-refractivity contribution in [1.82, 2.24) is 9.80 Å². The zero-order valence-electron chi connectivity index (χ0n) is 13.8. The minimum absolute atomic E-state index is 0.0341. The Hall–Kier alpha value is -2.09. The summed E-state index contributed by atoms with van der Waals surface area (Å²) in [6.45, 7) is -0.00892. The molecule has 1 aromatic carbocycles. The monoisotopic (exact) mass is 356 g/mol. The lowest BCUT2D eigenvalue weighted by atomic mass is 9.88. The lowest BCUT2D eigenvalue weighted by Gasteiger charge is -2.37. The van der Waals surface area contributed by atoms with Gasteiger partial charge in [0.2, 0.25) is 5.91 Å². The van der Waals surface area contributed by atoms with Gasteiger partial charge in [0, 0.05) is 32.3 Å². The minimum atomic E-state index is -4.51. The number of fused-ring (bicyclic) bond motifs is 1. The number of rotatable bonds is 1. The molecule has 2 unspecified atom stereocenters. The second kappa shape index (κ2) is 6.67. The summed E-state index contributed by atoms with van der Waals surface area (Å²) in [6.07, 6.45) is -4.79. The molecule has 2 atom stereocenters. The predicted octanol–water partition coefficient (Wildman–Crippen LogP) is 2.04. The van der Waals surface area contributed by atoms with Crippen LogP contribution in [-0.4, -0.2) is 67.2 Å². The fourth-order valence-electron chi connectivity index (χ4n) is 3.44. The van der Waals surface area contributed by atoms with Gasteiger partial charge < -0.3 is 14.5 Å². The van der Waals surface area contributed by atoms with Crippen molar-refractivity contribution in [2.24, 2.45) is 0 Å². The molecule has 0 aliphatic carbocycles. The molecule has 0 aromatic heterocycles. The summed E-state index contributed by atoms with van der Waals surface area (Å²) in [5, 5.41) is 0. The number of benzene rings is 1. The van der Waals surface area contributed by atoms with Gasteiger partial charge in [-0.15, -0.1) is 0 Å². The van der Waals surface area contributed by atoms with E-state index in [2.05, 4.69) is 0 Å². The molecule has 0 spiro atoms. The topological polar surface area (TPSA) is 49.9 Å². The maximum absolute atomic E-state index is 13.4. The second-order valence-corrected chi connectivity index (χ2v) is 6.32. The van der Waals surface area contributed by atoms with E-state index in [1.165, 1.54) is 4.90 Å². The summed E-state index contributed by atoms with van der Waals surface area (Å²) in [6, 6.07) is 4.73. The molecule has 2 amide bonds. The molecule has 8 heteroatoms. The average Bonchev–Trinajstić information content (AvgIpc) is 2.83. The number of nitrogens with zero attached hydrogens (tertiary/aromatic N) is 2. The number of carbonyl (C=O) groups excluding carboxylic acids is 2. The molecule has 2 heterocycles. The molecule has 1 aromatic rings. The van der Waals surface area contributed by atoms with Crippen molar-refractivity contribution in [3.8, 4) is 0 Å². The molecule has 2 aliphatic rings. The number of carbonyl (C=O) groups is 2. The van der Waals surface area contributed by atoms with Gasteiger partial charge in [0.25, 0.3) is 5.91 Å². The average molecular weight is 356 g/mol. The highest BCUT2D eigenvalue weighted by Gasteiger charge is 2.48. The Morgan fingerprint density at radius 3 is 2.68 bits per heavy atom. The number of hydrogen-bond acceptors (Lipinski definition) is 3. The van der Waals surface area contributed by atoms with Crippen molar-refractivity contribution in [2.75, 3.05) is 33.4 Å². The largest absolute Gasteiger partial charge is 0.408 e. The highest BCUT2D eigenvalue weighted by atomic mass is 19.4. The smallest absolute Gasteiger partial charge is 0.380 e. The van der Waals surface area contributed by atoms with Gasteiger partial charge in [0.05, 0.1) is 12.5 Å². The van der Waals surface area contributed by atoms with Crippen LogP contribution in [0.25, 0.3) is 0 Å². The van der Waals surface area contributed by atoms with Gasteiger partial charge in [-0.3, -0.25) is 9.59 Å². The standard InChI is InChI=1S/C17H19F3N2O3/c1-21-10-13(11-4-2-3-5-12(11)15(21)23)16(24)22-7-9-25-8-6-14(22)17(18,19)20/h2-5,13-14H,6-10H2,1H3. The fourth-order valence-corrected chi connectivity index (χ4v) is 3.44. The molecular formula is C17H19F3N2O3. The van der Waals surface area contributed by atoms with Crippen LogP contribution >= 0.6 is 0 Å². The van der Waals surface area contributed by atoms with E-state index < -0.39 is 24.0 Å². The van der Waals surface area contributed by atoms with E-state index in [1.54, 1.807) is 31.3 Å². The molecule has 2 aliphatic heterocycles. The Bertz CT molecular complexity index is 677. The number of amides is 2.